The number of hydrogen-bond acceptors (Lipinski definition) is 2. The zero-order valence-electron chi connectivity index (χ0n) is 10.9. The number of nitriles is 1. The van der Waals surface area contributed by atoms with Crippen LogP contribution >= 0.6 is 11.6 Å². The summed E-state index contributed by atoms with van der Waals surface area (Å²) in [5.41, 5.74) is -2.77. The lowest BCUT2D eigenvalue weighted by Gasteiger charge is -2.21. The first-order chi connectivity index (χ1) is 9.80. The molecule has 0 spiro atoms. The molecule has 112 valence electrons. The van der Waals surface area contributed by atoms with Crippen LogP contribution in [0.2, 0.25) is 5.02 Å². The summed E-state index contributed by atoms with van der Waals surface area (Å²) in [6, 6.07) is 5.21. The largest absolute Gasteiger partial charge is 0.418 e. The van der Waals surface area contributed by atoms with E-state index in [4.69, 9.17) is 11.6 Å². The molecule has 0 bridgehead atoms. The van der Waals surface area contributed by atoms with Gasteiger partial charge in [-0.1, -0.05) is 30.5 Å². The number of nitrogens with zero attached hydrogens (tertiary/aromatic N) is 1. The molecule has 21 heavy (non-hydrogen) atoms. The van der Waals surface area contributed by atoms with Gasteiger partial charge >= 0.3 is 6.18 Å². The van der Waals surface area contributed by atoms with Gasteiger partial charge < -0.3 is 5.32 Å². The predicted molar refractivity (Wildman–Crippen MR) is 71.6 cm³/mol. The lowest BCUT2D eigenvalue weighted by Crippen LogP contribution is -2.33. The van der Waals surface area contributed by atoms with E-state index in [0.29, 0.717) is 25.7 Å². The number of carbonyl (C=O) groups is 1. The van der Waals surface area contributed by atoms with Crippen LogP contribution in [0.1, 0.15) is 31.2 Å². The van der Waals surface area contributed by atoms with Crippen molar-refractivity contribution in [3.05, 3.63) is 28.8 Å². The Hall–Kier alpha value is -1.74. The molecule has 0 saturated heterocycles. The molecule has 0 atom stereocenters. The number of nitrogens with one attached hydrogen (secondary N) is 1. The number of alkyl halides is 3. The first-order valence-corrected chi connectivity index (χ1v) is 6.76. The van der Waals surface area contributed by atoms with Gasteiger partial charge in [0, 0.05) is 0 Å². The summed E-state index contributed by atoms with van der Waals surface area (Å²) < 4.78 is 38.9. The minimum Gasteiger partial charge on any atom is -0.323 e. The van der Waals surface area contributed by atoms with Crippen molar-refractivity contribution in [3.8, 4) is 6.07 Å². The highest BCUT2D eigenvalue weighted by Crippen LogP contribution is 2.42. The fourth-order valence-electron chi connectivity index (χ4n) is 2.49. The lowest BCUT2D eigenvalue weighted by atomic mass is 9.87. The quantitative estimate of drug-likeness (QED) is 0.880. The van der Waals surface area contributed by atoms with Crippen LogP contribution in [0.3, 0.4) is 0 Å². The Bertz CT molecular complexity index is 601. The molecule has 7 heteroatoms. The van der Waals surface area contributed by atoms with Crippen LogP contribution in [0.4, 0.5) is 18.9 Å². The highest BCUT2D eigenvalue weighted by molar-refractivity contribution is 6.34. The first kappa shape index (κ1) is 15.6. The van der Waals surface area contributed by atoms with Crippen LogP contribution in [0.25, 0.3) is 0 Å². The molecule has 1 aromatic carbocycles. The Labute approximate surface area is 124 Å². The van der Waals surface area contributed by atoms with E-state index in [1.165, 1.54) is 6.07 Å². The smallest absolute Gasteiger partial charge is 0.323 e. The Kier molecular flexibility index (Phi) is 4.15. The minimum absolute atomic E-state index is 0.204. The van der Waals surface area contributed by atoms with Gasteiger partial charge in [0.2, 0.25) is 5.91 Å². The summed E-state index contributed by atoms with van der Waals surface area (Å²) in [4.78, 5) is 12.2. The van der Waals surface area contributed by atoms with Gasteiger partial charge in [0.1, 0.15) is 5.41 Å². The number of hydrogen-bond donors (Lipinski definition) is 1. The number of benzene rings is 1. The fourth-order valence-corrected chi connectivity index (χ4v) is 2.71. The number of carbonyl (C=O) groups excluding carboxylic acids is 1. The van der Waals surface area contributed by atoms with E-state index in [9.17, 15) is 23.2 Å². The van der Waals surface area contributed by atoms with Gasteiger partial charge in [-0.25, -0.2) is 0 Å². The zero-order chi connectivity index (χ0) is 15.7. The van der Waals surface area contributed by atoms with Gasteiger partial charge in [0.25, 0.3) is 0 Å². The van der Waals surface area contributed by atoms with Gasteiger partial charge in [-0.05, 0) is 25.0 Å². The summed E-state index contributed by atoms with van der Waals surface area (Å²) in [6.45, 7) is 0. The molecule has 0 radical (unpaired) electrons. The maximum Gasteiger partial charge on any atom is 0.418 e. The molecule has 1 saturated carbocycles. The number of rotatable bonds is 2. The molecular weight excluding hydrogens is 305 g/mol. The molecular formula is C14H12ClF3N2O. The Morgan fingerprint density at radius 2 is 1.95 bits per heavy atom. The molecule has 0 heterocycles. The van der Waals surface area contributed by atoms with E-state index >= 15 is 0 Å². The van der Waals surface area contributed by atoms with Gasteiger partial charge in [-0.2, -0.15) is 18.4 Å². The standard InChI is InChI=1S/C14H12ClF3N2O/c15-10-5-3-4-9(14(16,17)18)11(10)20-12(21)13(8-19)6-1-2-7-13/h3-5H,1-2,6-7H2,(H,20,21). The van der Waals surface area contributed by atoms with Crippen LogP contribution in [-0.4, -0.2) is 5.91 Å². The first-order valence-electron chi connectivity index (χ1n) is 6.38. The van der Waals surface area contributed by atoms with Gasteiger partial charge in [0.15, 0.2) is 0 Å². The lowest BCUT2D eigenvalue weighted by molar-refractivity contribution is -0.137. The van der Waals surface area contributed by atoms with E-state index in [1.54, 1.807) is 0 Å². The van der Waals surface area contributed by atoms with Gasteiger partial charge in [-0.15, -0.1) is 0 Å². The third kappa shape index (κ3) is 2.98. The zero-order valence-corrected chi connectivity index (χ0v) is 11.7. The van der Waals surface area contributed by atoms with Crippen molar-refractivity contribution >= 4 is 23.2 Å². The van der Waals surface area contributed by atoms with Gasteiger partial charge in [-0.3, -0.25) is 4.79 Å². The molecule has 1 N–H and O–H groups in total. The Balaban J connectivity index is 2.36. The van der Waals surface area contributed by atoms with Crippen LogP contribution in [0.5, 0.6) is 0 Å². The number of anilines is 1. The van der Waals surface area contributed by atoms with Crippen LogP contribution in [0.15, 0.2) is 18.2 Å². The van der Waals surface area contributed by atoms with Crippen molar-refractivity contribution in [2.45, 2.75) is 31.9 Å². The van der Waals surface area contributed by atoms with Crippen LogP contribution < -0.4 is 5.32 Å². The van der Waals surface area contributed by atoms with E-state index < -0.39 is 28.7 Å². The molecule has 1 fully saturated rings. The number of halogens is 4. The van der Waals surface area contributed by atoms with Crippen molar-refractivity contribution in [1.29, 1.82) is 5.26 Å². The maximum atomic E-state index is 13.0. The molecule has 3 nitrogen and oxygen atoms in total. The molecule has 0 aromatic heterocycles. The minimum atomic E-state index is -4.64. The van der Waals surface area contributed by atoms with Crippen molar-refractivity contribution in [2.75, 3.05) is 5.32 Å². The monoisotopic (exact) mass is 316 g/mol. The molecule has 1 aliphatic carbocycles. The highest BCUT2D eigenvalue weighted by atomic mass is 35.5. The third-order valence-electron chi connectivity index (χ3n) is 3.66. The van der Waals surface area contributed by atoms with E-state index in [0.717, 1.165) is 12.1 Å². The summed E-state index contributed by atoms with van der Waals surface area (Å²) in [6.07, 6.45) is -2.53. The number of para-hydroxylation sites is 1. The fraction of sp³-hybridized carbons (Fsp3) is 0.429. The molecule has 1 amide bonds. The van der Waals surface area contributed by atoms with E-state index in [2.05, 4.69) is 5.32 Å². The average Bonchev–Trinajstić information content (AvgIpc) is 2.89. The second-order valence-electron chi connectivity index (χ2n) is 5.02. The highest BCUT2D eigenvalue weighted by Gasteiger charge is 2.43. The Morgan fingerprint density at radius 3 is 2.48 bits per heavy atom. The maximum absolute atomic E-state index is 13.0. The molecule has 2 rings (SSSR count). The second-order valence-corrected chi connectivity index (χ2v) is 5.42. The normalized spacial score (nSPS) is 17.3. The second kappa shape index (κ2) is 5.57. The summed E-state index contributed by atoms with van der Waals surface area (Å²) in [5, 5.41) is 11.2. The van der Waals surface area contributed by atoms with Crippen molar-refractivity contribution in [2.24, 2.45) is 5.41 Å². The molecule has 1 aromatic rings. The average molecular weight is 317 g/mol. The molecule has 0 aliphatic heterocycles. The van der Waals surface area contributed by atoms with Crippen molar-refractivity contribution in [3.63, 3.8) is 0 Å². The summed E-state index contributed by atoms with van der Waals surface area (Å²) in [5.74, 6) is -0.721. The van der Waals surface area contributed by atoms with Crippen molar-refractivity contribution in [1.82, 2.24) is 0 Å². The number of amides is 1. The summed E-state index contributed by atoms with van der Waals surface area (Å²) in [7, 11) is 0. The third-order valence-corrected chi connectivity index (χ3v) is 3.98. The Morgan fingerprint density at radius 1 is 1.33 bits per heavy atom. The van der Waals surface area contributed by atoms with Crippen LogP contribution in [0, 0.1) is 16.7 Å². The summed E-state index contributed by atoms with van der Waals surface area (Å²) >= 11 is 5.78. The van der Waals surface area contributed by atoms with Crippen molar-refractivity contribution < 1.29 is 18.0 Å². The topological polar surface area (TPSA) is 52.9 Å². The van der Waals surface area contributed by atoms with Crippen LogP contribution in [-0.2, 0) is 11.0 Å². The molecule has 1 aliphatic rings. The SMILES string of the molecule is N#CC1(C(=O)Nc2c(Cl)cccc2C(F)(F)F)CCCC1. The van der Waals surface area contributed by atoms with E-state index in [1.807, 2.05) is 6.07 Å². The molecule has 0 unspecified atom stereocenters. The predicted octanol–water partition coefficient (Wildman–Crippen LogP) is 4.38. The van der Waals surface area contributed by atoms with Gasteiger partial charge in [0.05, 0.1) is 22.3 Å². The van der Waals surface area contributed by atoms with E-state index in [-0.39, 0.29) is 5.02 Å².